The molecule has 1 fully saturated rings. The number of carbonyl (C=O) groups excluding carboxylic acids is 3. The number of thiazole rings is 1. The van der Waals surface area contributed by atoms with E-state index < -0.39 is 29.6 Å². The number of fused-ring (bicyclic) bond motifs is 1. The van der Waals surface area contributed by atoms with Gasteiger partial charge in [0.2, 0.25) is 11.8 Å². The quantitative estimate of drug-likeness (QED) is 0.458. The van der Waals surface area contributed by atoms with Crippen molar-refractivity contribution in [2.24, 2.45) is 5.73 Å². The first kappa shape index (κ1) is 24.8. The molecule has 0 spiro atoms. The van der Waals surface area contributed by atoms with Gasteiger partial charge in [0.15, 0.2) is 5.82 Å². The number of imidazole rings is 1. The van der Waals surface area contributed by atoms with Crippen LogP contribution in [0.1, 0.15) is 77.7 Å². The van der Waals surface area contributed by atoms with Crippen LogP contribution in [0.4, 0.5) is 4.39 Å². The summed E-state index contributed by atoms with van der Waals surface area (Å²) in [5.41, 5.74) is 6.46. The molecule has 35 heavy (non-hydrogen) atoms. The summed E-state index contributed by atoms with van der Waals surface area (Å²) in [6, 6.07) is 4.05. The van der Waals surface area contributed by atoms with Gasteiger partial charge in [-0.2, -0.15) is 0 Å². The van der Waals surface area contributed by atoms with Crippen molar-refractivity contribution in [3.63, 3.8) is 0 Å². The van der Waals surface area contributed by atoms with E-state index in [4.69, 9.17) is 5.73 Å². The fourth-order valence-electron chi connectivity index (χ4n) is 4.53. The lowest BCUT2D eigenvalue weighted by molar-refractivity contribution is -0.137. The zero-order valence-corrected chi connectivity index (χ0v) is 20.7. The van der Waals surface area contributed by atoms with E-state index in [0.29, 0.717) is 22.9 Å². The Kier molecular flexibility index (Phi) is 7.15. The maximum Gasteiger partial charge on any atom is 0.260 e. The SMILES string of the molecule is Cc1nc([C@H](CC(=O)N2CCCC[C@@H]2C)C(=O)N[C@@H](C)c2nc3c(F)cccc3[nH]2)c(C(N)=O)s1. The number of piperidine rings is 1. The molecule has 0 radical (unpaired) electrons. The van der Waals surface area contributed by atoms with E-state index in [0.717, 1.165) is 30.6 Å². The van der Waals surface area contributed by atoms with Crippen LogP contribution in [0, 0.1) is 12.7 Å². The van der Waals surface area contributed by atoms with Gasteiger partial charge in [0.05, 0.1) is 28.2 Å². The summed E-state index contributed by atoms with van der Waals surface area (Å²) in [6.45, 7) is 6.06. The molecule has 186 valence electrons. The number of nitrogens with two attached hydrogens (primary N) is 1. The molecule has 9 nitrogen and oxygen atoms in total. The second-order valence-corrected chi connectivity index (χ2v) is 10.2. The van der Waals surface area contributed by atoms with Gasteiger partial charge in [-0.1, -0.05) is 6.07 Å². The minimum Gasteiger partial charge on any atom is -0.365 e. The van der Waals surface area contributed by atoms with E-state index in [-0.39, 0.29) is 34.5 Å². The van der Waals surface area contributed by atoms with Crippen LogP contribution in [-0.2, 0) is 9.59 Å². The fourth-order valence-corrected chi connectivity index (χ4v) is 5.37. The molecule has 4 rings (SSSR count). The van der Waals surface area contributed by atoms with Crippen molar-refractivity contribution in [1.29, 1.82) is 0 Å². The molecule has 3 aromatic rings. The highest BCUT2D eigenvalue weighted by atomic mass is 32.1. The van der Waals surface area contributed by atoms with Gasteiger partial charge in [0, 0.05) is 19.0 Å². The number of hydrogen-bond acceptors (Lipinski definition) is 6. The Balaban J connectivity index is 1.61. The van der Waals surface area contributed by atoms with Crippen molar-refractivity contribution in [3.05, 3.63) is 45.4 Å². The summed E-state index contributed by atoms with van der Waals surface area (Å²) in [5.74, 6) is -2.44. The van der Waals surface area contributed by atoms with E-state index >= 15 is 0 Å². The van der Waals surface area contributed by atoms with Gasteiger partial charge in [0.25, 0.3) is 5.91 Å². The molecule has 3 atom stereocenters. The van der Waals surface area contributed by atoms with Crippen LogP contribution in [0.15, 0.2) is 18.2 Å². The average Bonchev–Trinajstić information content (AvgIpc) is 3.42. The number of likely N-dealkylation sites (tertiary alicyclic amines) is 1. The number of rotatable bonds is 7. The highest BCUT2D eigenvalue weighted by Gasteiger charge is 2.34. The lowest BCUT2D eigenvalue weighted by atomic mass is 9.95. The first-order valence-corrected chi connectivity index (χ1v) is 12.5. The van der Waals surface area contributed by atoms with Crippen LogP contribution in [0.5, 0.6) is 0 Å². The molecule has 3 amide bonds. The number of aromatic nitrogens is 3. The van der Waals surface area contributed by atoms with E-state index in [1.165, 1.54) is 6.07 Å². The summed E-state index contributed by atoms with van der Waals surface area (Å²) < 4.78 is 14.1. The van der Waals surface area contributed by atoms with Crippen molar-refractivity contribution in [2.75, 3.05) is 6.54 Å². The summed E-state index contributed by atoms with van der Waals surface area (Å²) >= 11 is 1.10. The fraction of sp³-hybridized carbons (Fsp3) is 0.458. The third-order valence-electron chi connectivity index (χ3n) is 6.38. The number of nitrogens with one attached hydrogen (secondary N) is 2. The number of aromatic amines is 1. The number of para-hydroxylation sites is 1. The summed E-state index contributed by atoms with van der Waals surface area (Å²) in [7, 11) is 0. The first-order valence-electron chi connectivity index (χ1n) is 11.7. The van der Waals surface area contributed by atoms with E-state index in [2.05, 4.69) is 20.3 Å². The minimum atomic E-state index is -1.01. The molecule has 1 aromatic carbocycles. The van der Waals surface area contributed by atoms with E-state index in [1.54, 1.807) is 30.9 Å². The number of benzene rings is 1. The highest BCUT2D eigenvalue weighted by Crippen LogP contribution is 2.30. The first-order chi connectivity index (χ1) is 16.7. The number of H-pyrrole nitrogens is 1. The molecule has 0 aliphatic carbocycles. The summed E-state index contributed by atoms with van der Waals surface area (Å²) in [5, 5.41) is 3.43. The van der Waals surface area contributed by atoms with Crippen LogP contribution in [-0.4, -0.2) is 50.2 Å². The van der Waals surface area contributed by atoms with Gasteiger partial charge in [-0.05, 0) is 52.2 Å². The van der Waals surface area contributed by atoms with Gasteiger partial charge in [-0.25, -0.2) is 14.4 Å². The minimum absolute atomic E-state index is 0.0807. The van der Waals surface area contributed by atoms with Crippen molar-refractivity contribution < 1.29 is 18.8 Å². The number of amides is 3. The Hall–Kier alpha value is -3.34. The predicted octanol–water partition coefficient (Wildman–Crippen LogP) is 3.32. The van der Waals surface area contributed by atoms with E-state index in [1.807, 2.05) is 6.92 Å². The Morgan fingerprint density at radius 2 is 2.09 bits per heavy atom. The van der Waals surface area contributed by atoms with Gasteiger partial charge in [0.1, 0.15) is 16.2 Å². The van der Waals surface area contributed by atoms with Crippen molar-refractivity contribution in [2.45, 2.75) is 64.5 Å². The molecule has 0 unspecified atom stereocenters. The summed E-state index contributed by atoms with van der Waals surface area (Å²) in [6.07, 6.45) is 2.74. The van der Waals surface area contributed by atoms with Crippen LogP contribution in [0.3, 0.4) is 0 Å². The molecular weight excluding hydrogens is 471 g/mol. The topological polar surface area (TPSA) is 134 Å². The third-order valence-corrected chi connectivity index (χ3v) is 7.38. The van der Waals surface area contributed by atoms with Crippen LogP contribution >= 0.6 is 11.3 Å². The maximum atomic E-state index is 14.1. The summed E-state index contributed by atoms with van der Waals surface area (Å²) in [4.78, 5) is 52.5. The Bertz CT molecular complexity index is 1270. The standard InChI is InChI=1S/C24H29FN6O3S/c1-12-7-4-5-10-31(12)18(32)11-15(19-21(22(26)33)35-14(3)28-19)24(34)27-13(2)23-29-17-9-6-8-16(25)20(17)30-23/h6,8-9,12-13,15H,4-5,7,10-11H2,1-3H3,(H2,26,33)(H,27,34)(H,29,30)/t12-,13-,15-/m0/s1. The largest absolute Gasteiger partial charge is 0.365 e. The number of aryl methyl sites for hydroxylation is 1. The highest BCUT2D eigenvalue weighted by molar-refractivity contribution is 7.13. The Morgan fingerprint density at radius 1 is 1.31 bits per heavy atom. The number of primary amides is 1. The van der Waals surface area contributed by atoms with Gasteiger partial charge < -0.3 is 20.9 Å². The van der Waals surface area contributed by atoms with Crippen molar-refractivity contribution >= 4 is 40.1 Å². The maximum absolute atomic E-state index is 14.1. The average molecular weight is 501 g/mol. The van der Waals surface area contributed by atoms with Gasteiger partial charge in [-0.15, -0.1) is 11.3 Å². The second-order valence-electron chi connectivity index (χ2n) is 8.99. The normalized spacial score (nSPS) is 17.8. The monoisotopic (exact) mass is 500 g/mol. The molecule has 1 saturated heterocycles. The molecule has 1 aliphatic heterocycles. The molecule has 0 saturated carbocycles. The molecular formula is C24H29FN6O3S. The lowest BCUT2D eigenvalue weighted by Gasteiger charge is -2.34. The Labute approximate surface area is 206 Å². The van der Waals surface area contributed by atoms with Crippen LogP contribution in [0.25, 0.3) is 11.0 Å². The van der Waals surface area contributed by atoms with Crippen LogP contribution < -0.4 is 11.1 Å². The zero-order valence-electron chi connectivity index (χ0n) is 19.9. The molecule has 2 aromatic heterocycles. The molecule has 3 heterocycles. The number of hydrogen-bond donors (Lipinski definition) is 3. The Morgan fingerprint density at radius 3 is 2.77 bits per heavy atom. The lowest BCUT2D eigenvalue weighted by Crippen LogP contribution is -2.44. The smallest absolute Gasteiger partial charge is 0.260 e. The molecule has 4 N–H and O–H groups in total. The second kappa shape index (κ2) is 10.1. The zero-order chi connectivity index (χ0) is 25.3. The van der Waals surface area contributed by atoms with Crippen molar-refractivity contribution in [1.82, 2.24) is 25.2 Å². The van der Waals surface area contributed by atoms with Gasteiger partial charge in [-0.3, -0.25) is 14.4 Å². The van der Waals surface area contributed by atoms with Crippen molar-refractivity contribution in [3.8, 4) is 0 Å². The number of nitrogens with zero attached hydrogens (tertiary/aromatic N) is 3. The number of halogens is 1. The molecule has 11 heteroatoms. The van der Waals surface area contributed by atoms with E-state index in [9.17, 15) is 18.8 Å². The molecule has 1 aliphatic rings. The number of carbonyl (C=O) groups is 3. The molecule has 0 bridgehead atoms. The van der Waals surface area contributed by atoms with Gasteiger partial charge >= 0.3 is 0 Å². The predicted molar refractivity (Wildman–Crippen MR) is 130 cm³/mol. The third kappa shape index (κ3) is 5.19. The van der Waals surface area contributed by atoms with Crippen LogP contribution in [0.2, 0.25) is 0 Å².